The van der Waals surface area contributed by atoms with Crippen molar-refractivity contribution in [3.8, 4) is 0 Å². The molecule has 1 saturated heterocycles. The van der Waals surface area contributed by atoms with Crippen molar-refractivity contribution in [3.05, 3.63) is 48.0 Å². The molecule has 3 aromatic rings. The minimum Gasteiger partial charge on any atom is -0.326 e. The van der Waals surface area contributed by atoms with Gasteiger partial charge in [0.25, 0.3) is 0 Å². The Bertz CT molecular complexity index is 1130. The molecule has 1 aliphatic rings. The molecule has 0 saturated carbocycles. The number of amides is 1. The minimum atomic E-state index is -3.75. The zero-order valence-corrected chi connectivity index (χ0v) is 17.0. The van der Waals surface area contributed by atoms with Crippen LogP contribution >= 0.6 is 11.7 Å². The summed E-state index contributed by atoms with van der Waals surface area (Å²) in [4.78, 5) is 12.9. The number of carbonyl (C=O) groups is 1. The van der Waals surface area contributed by atoms with Gasteiger partial charge in [-0.3, -0.25) is 4.79 Å². The number of piperidine rings is 1. The summed E-state index contributed by atoms with van der Waals surface area (Å²) in [5, 5.41) is 2.91. The van der Waals surface area contributed by atoms with Gasteiger partial charge in [0.1, 0.15) is 15.9 Å². The Kier molecular flexibility index (Phi) is 5.13. The molecule has 1 fully saturated rings. The average molecular weight is 417 g/mol. The first kappa shape index (κ1) is 19.0. The lowest BCUT2D eigenvalue weighted by atomic mass is 9.98. The number of anilines is 1. The van der Waals surface area contributed by atoms with Crippen LogP contribution in [0, 0.1) is 12.8 Å². The molecule has 0 aliphatic carbocycles. The van der Waals surface area contributed by atoms with E-state index >= 15 is 0 Å². The van der Waals surface area contributed by atoms with Gasteiger partial charge in [0.2, 0.25) is 15.9 Å². The van der Waals surface area contributed by atoms with Crippen LogP contribution in [0.3, 0.4) is 0 Å². The van der Waals surface area contributed by atoms with Crippen molar-refractivity contribution in [2.75, 3.05) is 18.4 Å². The summed E-state index contributed by atoms with van der Waals surface area (Å²) in [6.07, 6.45) is 1.29. The van der Waals surface area contributed by atoms with Crippen molar-refractivity contribution in [1.82, 2.24) is 13.1 Å². The molecule has 1 aromatic heterocycles. The second-order valence-corrected chi connectivity index (χ2v) is 9.38. The lowest BCUT2D eigenvalue weighted by Gasteiger charge is -2.31. The molecular weight excluding hydrogens is 396 g/mol. The molecule has 0 spiro atoms. The number of benzene rings is 2. The van der Waals surface area contributed by atoms with Crippen molar-refractivity contribution in [2.45, 2.75) is 24.7 Å². The van der Waals surface area contributed by atoms with Gasteiger partial charge in [0.05, 0.1) is 17.6 Å². The fourth-order valence-electron chi connectivity index (χ4n) is 3.47. The summed E-state index contributed by atoms with van der Waals surface area (Å²) in [5.41, 5.74) is 2.73. The van der Waals surface area contributed by atoms with Crippen LogP contribution in [0.2, 0.25) is 0 Å². The highest BCUT2D eigenvalue weighted by molar-refractivity contribution is 7.89. The van der Waals surface area contributed by atoms with Gasteiger partial charge in [-0.15, -0.1) is 0 Å². The van der Waals surface area contributed by atoms with Gasteiger partial charge in [0.15, 0.2) is 0 Å². The molecule has 0 bridgehead atoms. The van der Waals surface area contributed by atoms with Crippen LogP contribution in [0.15, 0.2) is 47.4 Å². The summed E-state index contributed by atoms with van der Waals surface area (Å²) in [5.74, 6) is -0.546. The Hall–Kier alpha value is -2.36. The summed E-state index contributed by atoms with van der Waals surface area (Å²) in [6.45, 7) is 2.51. The third kappa shape index (κ3) is 3.65. The third-order valence-electron chi connectivity index (χ3n) is 4.91. The van der Waals surface area contributed by atoms with E-state index < -0.39 is 15.9 Å². The Balaban J connectivity index is 1.54. The van der Waals surface area contributed by atoms with E-state index in [0.29, 0.717) is 30.4 Å². The fourth-order valence-corrected chi connectivity index (χ4v) is 5.75. The highest BCUT2D eigenvalue weighted by atomic mass is 32.2. The van der Waals surface area contributed by atoms with Crippen LogP contribution in [0.5, 0.6) is 0 Å². The number of aryl methyl sites for hydroxylation is 1. The van der Waals surface area contributed by atoms with Crippen molar-refractivity contribution in [1.29, 1.82) is 0 Å². The van der Waals surface area contributed by atoms with E-state index in [4.69, 9.17) is 0 Å². The van der Waals surface area contributed by atoms with Crippen LogP contribution in [-0.4, -0.2) is 40.5 Å². The SMILES string of the molecule is Cc1cccc(NC(=O)[C@@H]2CCCN(S(=O)(=O)c3cccc4nsnc34)C2)c1. The van der Waals surface area contributed by atoms with E-state index in [1.165, 1.54) is 4.31 Å². The summed E-state index contributed by atoms with van der Waals surface area (Å²) in [6, 6.07) is 12.5. The first-order chi connectivity index (χ1) is 13.4. The molecule has 1 aliphatic heterocycles. The Morgan fingerprint density at radius 3 is 2.86 bits per heavy atom. The fraction of sp³-hybridized carbons (Fsp3) is 0.316. The topological polar surface area (TPSA) is 92.3 Å². The first-order valence-corrected chi connectivity index (χ1v) is 11.2. The molecule has 1 N–H and O–H groups in total. The van der Waals surface area contributed by atoms with Crippen molar-refractivity contribution in [2.24, 2.45) is 5.92 Å². The number of sulfonamides is 1. The van der Waals surface area contributed by atoms with Crippen molar-refractivity contribution >= 4 is 44.4 Å². The van der Waals surface area contributed by atoms with Crippen LogP contribution < -0.4 is 5.32 Å². The number of nitrogens with zero attached hydrogens (tertiary/aromatic N) is 3. The van der Waals surface area contributed by atoms with Crippen LogP contribution in [0.1, 0.15) is 18.4 Å². The molecule has 7 nitrogen and oxygen atoms in total. The molecule has 1 amide bonds. The van der Waals surface area contributed by atoms with Gasteiger partial charge < -0.3 is 5.32 Å². The Morgan fingerprint density at radius 1 is 1.21 bits per heavy atom. The van der Waals surface area contributed by atoms with E-state index in [1.807, 2.05) is 31.2 Å². The maximum absolute atomic E-state index is 13.2. The summed E-state index contributed by atoms with van der Waals surface area (Å²) >= 11 is 0.991. The lowest BCUT2D eigenvalue weighted by molar-refractivity contribution is -0.120. The third-order valence-corrected chi connectivity index (χ3v) is 7.35. The largest absolute Gasteiger partial charge is 0.326 e. The van der Waals surface area contributed by atoms with Crippen molar-refractivity contribution < 1.29 is 13.2 Å². The van der Waals surface area contributed by atoms with Gasteiger partial charge in [-0.05, 0) is 49.6 Å². The number of hydrogen-bond acceptors (Lipinski definition) is 6. The minimum absolute atomic E-state index is 0.151. The highest BCUT2D eigenvalue weighted by Crippen LogP contribution is 2.28. The summed E-state index contributed by atoms with van der Waals surface area (Å²) in [7, 11) is -3.75. The van der Waals surface area contributed by atoms with Gasteiger partial charge in [-0.25, -0.2) is 8.42 Å². The number of aromatic nitrogens is 2. The number of fused-ring (bicyclic) bond motifs is 1. The standard InChI is InChI=1S/C19H20N4O3S2/c1-13-5-2-7-15(11-13)20-19(24)14-6-4-10-23(12-14)28(25,26)17-9-3-8-16-18(17)22-27-21-16/h2-3,5,7-9,11,14H,4,6,10,12H2,1H3,(H,20,24)/t14-/m1/s1. The Morgan fingerprint density at radius 2 is 2.04 bits per heavy atom. The molecule has 2 aromatic carbocycles. The van der Waals surface area contributed by atoms with Crippen LogP contribution in [-0.2, 0) is 14.8 Å². The quantitative estimate of drug-likeness (QED) is 0.706. The summed E-state index contributed by atoms with van der Waals surface area (Å²) < 4.78 is 36.1. The second-order valence-electron chi connectivity index (χ2n) is 6.95. The number of nitrogens with one attached hydrogen (secondary N) is 1. The van der Waals surface area contributed by atoms with Gasteiger partial charge in [0, 0.05) is 18.8 Å². The van der Waals surface area contributed by atoms with Gasteiger partial charge in [-0.2, -0.15) is 13.1 Å². The van der Waals surface area contributed by atoms with E-state index in [-0.39, 0.29) is 17.3 Å². The predicted molar refractivity (Wildman–Crippen MR) is 109 cm³/mol. The van der Waals surface area contributed by atoms with Crippen LogP contribution in [0.4, 0.5) is 5.69 Å². The first-order valence-electron chi connectivity index (χ1n) is 9.04. The molecule has 0 unspecified atom stereocenters. The monoisotopic (exact) mass is 416 g/mol. The number of hydrogen-bond donors (Lipinski definition) is 1. The van der Waals surface area contributed by atoms with Crippen LogP contribution in [0.25, 0.3) is 11.0 Å². The Labute approximate surface area is 167 Å². The molecular formula is C19H20N4O3S2. The van der Waals surface area contributed by atoms with Gasteiger partial charge >= 0.3 is 0 Å². The molecule has 28 heavy (non-hydrogen) atoms. The zero-order chi connectivity index (χ0) is 19.7. The van der Waals surface area contributed by atoms with E-state index in [2.05, 4.69) is 14.1 Å². The van der Waals surface area contributed by atoms with E-state index in [1.54, 1.807) is 18.2 Å². The van der Waals surface area contributed by atoms with E-state index in [9.17, 15) is 13.2 Å². The molecule has 146 valence electrons. The van der Waals surface area contributed by atoms with E-state index in [0.717, 1.165) is 23.0 Å². The maximum atomic E-state index is 13.2. The number of carbonyl (C=O) groups excluding carboxylic acids is 1. The van der Waals surface area contributed by atoms with Crippen molar-refractivity contribution in [3.63, 3.8) is 0 Å². The van der Waals surface area contributed by atoms with Gasteiger partial charge in [-0.1, -0.05) is 18.2 Å². The predicted octanol–water partition coefficient (Wildman–Crippen LogP) is 3.04. The zero-order valence-electron chi connectivity index (χ0n) is 15.3. The second kappa shape index (κ2) is 7.57. The molecule has 9 heteroatoms. The number of rotatable bonds is 4. The molecule has 0 radical (unpaired) electrons. The lowest BCUT2D eigenvalue weighted by Crippen LogP contribution is -2.43. The average Bonchev–Trinajstić information content (AvgIpc) is 3.17. The highest BCUT2D eigenvalue weighted by Gasteiger charge is 2.34. The molecule has 4 rings (SSSR count). The molecule has 1 atom stereocenters. The maximum Gasteiger partial charge on any atom is 0.245 e. The molecule has 2 heterocycles. The smallest absolute Gasteiger partial charge is 0.245 e. The normalized spacial score (nSPS) is 18.2.